The van der Waals surface area contributed by atoms with Gasteiger partial charge in [0, 0.05) is 25.2 Å². The molecule has 2 N–H and O–H groups in total. The van der Waals surface area contributed by atoms with Crippen LogP contribution in [0.15, 0.2) is 54.6 Å². The number of carbonyl (C=O) groups excluding carboxylic acids is 1. The summed E-state index contributed by atoms with van der Waals surface area (Å²) in [7, 11) is 0. The van der Waals surface area contributed by atoms with Gasteiger partial charge in [0.25, 0.3) is 0 Å². The molecule has 0 aromatic heterocycles. The van der Waals surface area contributed by atoms with Crippen molar-refractivity contribution in [3.05, 3.63) is 65.7 Å². The maximum absolute atomic E-state index is 11.2. The highest BCUT2D eigenvalue weighted by Gasteiger charge is 2.13. The van der Waals surface area contributed by atoms with Crippen molar-refractivity contribution in [2.24, 2.45) is 0 Å². The van der Waals surface area contributed by atoms with Gasteiger partial charge >= 0.3 is 0 Å². The first kappa shape index (κ1) is 22.1. The number of aliphatic hydroxyl groups excluding tert-OH is 2. The molecule has 2 aromatic rings. The summed E-state index contributed by atoms with van der Waals surface area (Å²) >= 11 is 0. The quantitative estimate of drug-likeness (QED) is 0.621. The maximum atomic E-state index is 11.2. The first-order chi connectivity index (χ1) is 12.1. The monoisotopic (exact) mass is 379 g/mol. The minimum Gasteiger partial charge on any atom is -0.491 e. The highest BCUT2D eigenvalue weighted by Crippen LogP contribution is 2.13. The number of rotatable bonds is 10. The highest BCUT2D eigenvalue weighted by molar-refractivity contribution is 5.94. The standard InChI is InChI=1S/C20H25NO4.ClH/c1-16(23)18-7-9-20(10-8-18)25-15-19(24)14-21(11-12-22)13-17-5-3-2-4-6-17;/h2-10,19,22,24H,11-15H2,1H3;1H. The molecule has 0 radical (unpaired) electrons. The molecule has 5 nitrogen and oxygen atoms in total. The van der Waals surface area contributed by atoms with E-state index in [1.807, 2.05) is 35.2 Å². The molecule has 6 heteroatoms. The van der Waals surface area contributed by atoms with Crippen molar-refractivity contribution in [3.63, 3.8) is 0 Å². The summed E-state index contributed by atoms with van der Waals surface area (Å²) in [6, 6.07) is 16.8. The minimum absolute atomic E-state index is 0. The second kappa shape index (κ2) is 11.6. The largest absolute Gasteiger partial charge is 0.491 e. The molecule has 1 atom stereocenters. The Labute approximate surface area is 160 Å². The number of carbonyl (C=O) groups is 1. The fourth-order valence-electron chi connectivity index (χ4n) is 2.55. The van der Waals surface area contributed by atoms with Gasteiger partial charge in [-0.25, -0.2) is 0 Å². The number of nitrogens with zero attached hydrogens (tertiary/aromatic N) is 1. The van der Waals surface area contributed by atoms with Crippen molar-refractivity contribution in [1.82, 2.24) is 4.90 Å². The van der Waals surface area contributed by atoms with E-state index in [1.165, 1.54) is 6.92 Å². The summed E-state index contributed by atoms with van der Waals surface area (Å²) in [5, 5.41) is 19.5. The summed E-state index contributed by atoms with van der Waals surface area (Å²) in [4.78, 5) is 13.2. The number of aliphatic hydroxyl groups is 2. The van der Waals surface area contributed by atoms with Crippen LogP contribution in [0.2, 0.25) is 0 Å². The van der Waals surface area contributed by atoms with Crippen molar-refractivity contribution in [2.75, 3.05) is 26.3 Å². The van der Waals surface area contributed by atoms with Crippen molar-refractivity contribution in [1.29, 1.82) is 0 Å². The molecule has 1 unspecified atom stereocenters. The topological polar surface area (TPSA) is 70.0 Å². The van der Waals surface area contributed by atoms with Gasteiger partial charge in [0.1, 0.15) is 18.5 Å². The first-order valence-electron chi connectivity index (χ1n) is 8.37. The first-order valence-corrected chi connectivity index (χ1v) is 8.37. The van der Waals surface area contributed by atoms with Crippen LogP contribution in [0.25, 0.3) is 0 Å². The lowest BCUT2D eigenvalue weighted by molar-refractivity contribution is 0.0590. The van der Waals surface area contributed by atoms with Crippen LogP contribution in [0.5, 0.6) is 5.75 Å². The van der Waals surface area contributed by atoms with Crippen LogP contribution in [0.3, 0.4) is 0 Å². The van der Waals surface area contributed by atoms with Crippen LogP contribution in [-0.2, 0) is 6.54 Å². The van der Waals surface area contributed by atoms with Gasteiger partial charge in [-0.15, -0.1) is 12.4 Å². The Hall–Kier alpha value is -1.92. The molecular weight excluding hydrogens is 354 g/mol. The molecular formula is C20H26ClNO4. The molecule has 0 bridgehead atoms. The lowest BCUT2D eigenvalue weighted by Crippen LogP contribution is -2.37. The lowest BCUT2D eigenvalue weighted by Gasteiger charge is -2.24. The number of Topliss-reactive ketones (excluding diaryl/α,β-unsaturated/α-hetero) is 1. The molecule has 0 amide bonds. The number of ketones is 1. The molecule has 142 valence electrons. The van der Waals surface area contributed by atoms with E-state index in [-0.39, 0.29) is 31.4 Å². The number of ether oxygens (including phenoxy) is 1. The van der Waals surface area contributed by atoms with Crippen molar-refractivity contribution >= 4 is 18.2 Å². The Morgan fingerprint density at radius 2 is 1.77 bits per heavy atom. The van der Waals surface area contributed by atoms with Crippen LogP contribution in [0, 0.1) is 0 Å². The average Bonchev–Trinajstić information content (AvgIpc) is 2.61. The summed E-state index contributed by atoms with van der Waals surface area (Å²) in [5.74, 6) is 0.618. The van der Waals surface area contributed by atoms with Crippen LogP contribution >= 0.6 is 12.4 Å². The van der Waals surface area contributed by atoms with Gasteiger partial charge in [-0.2, -0.15) is 0 Å². The molecule has 0 fully saturated rings. The zero-order chi connectivity index (χ0) is 18.1. The third-order valence-electron chi connectivity index (χ3n) is 3.84. The van der Waals surface area contributed by atoms with E-state index in [1.54, 1.807) is 24.3 Å². The lowest BCUT2D eigenvalue weighted by atomic mass is 10.1. The molecule has 0 aliphatic heterocycles. The zero-order valence-corrected chi connectivity index (χ0v) is 15.7. The summed E-state index contributed by atoms with van der Waals surface area (Å²) in [6.07, 6.45) is -0.678. The van der Waals surface area contributed by atoms with Gasteiger partial charge in [0.05, 0.1) is 6.61 Å². The summed E-state index contributed by atoms with van der Waals surface area (Å²) < 4.78 is 5.58. The average molecular weight is 380 g/mol. The molecule has 0 saturated carbocycles. The molecule has 2 aromatic carbocycles. The summed E-state index contributed by atoms with van der Waals surface area (Å²) in [5.41, 5.74) is 1.76. The highest BCUT2D eigenvalue weighted by atomic mass is 35.5. The van der Waals surface area contributed by atoms with Gasteiger partial charge in [-0.1, -0.05) is 30.3 Å². The van der Waals surface area contributed by atoms with Gasteiger partial charge in [-0.05, 0) is 36.8 Å². The number of hydrogen-bond donors (Lipinski definition) is 2. The molecule has 0 aliphatic rings. The van der Waals surface area contributed by atoms with Crippen LogP contribution in [0.1, 0.15) is 22.8 Å². The molecule has 0 aliphatic carbocycles. The van der Waals surface area contributed by atoms with Crippen LogP contribution in [0.4, 0.5) is 0 Å². The van der Waals surface area contributed by atoms with Crippen molar-refractivity contribution in [2.45, 2.75) is 19.6 Å². The third-order valence-corrected chi connectivity index (χ3v) is 3.84. The van der Waals surface area contributed by atoms with Crippen molar-refractivity contribution < 1.29 is 19.7 Å². The predicted octanol–water partition coefficient (Wildman–Crippen LogP) is 2.55. The smallest absolute Gasteiger partial charge is 0.159 e. The van der Waals surface area contributed by atoms with E-state index in [4.69, 9.17) is 4.74 Å². The van der Waals surface area contributed by atoms with E-state index in [2.05, 4.69) is 0 Å². The van der Waals surface area contributed by atoms with E-state index < -0.39 is 6.10 Å². The molecule has 26 heavy (non-hydrogen) atoms. The molecule has 0 spiro atoms. The molecule has 2 rings (SSSR count). The fraction of sp³-hybridized carbons (Fsp3) is 0.350. The Morgan fingerprint density at radius 3 is 2.35 bits per heavy atom. The van der Waals surface area contributed by atoms with Gasteiger partial charge < -0.3 is 14.9 Å². The maximum Gasteiger partial charge on any atom is 0.159 e. The second-order valence-electron chi connectivity index (χ2n) is 5.99. The molecule has 0 heterocycles. The zero-order valence-electron chi connectivity index (χ0n) is 14.9. The molecule has 0 saturated heterocycles. The van der Waals surface area contributed by atoms with Crippen LogP contribution in [-0.4, -0.2) is 53.3 Å². The normalized spacial score (nSPS) is 11.7. The third kappa shape index (κ3) is 7.54. The van der Waals surface area contributed by atoms with Crippen molar-refractivity contribution in [3.8, 4) is 5.75 Å². The predicted molar refractivity (Wildman–Crippen MR) is 104 cm³/mol. The SMILES string of the molecule is CC(=O)c1ccc(OCC(O)CN(CCO)Cc2ccccc2)cc1.Cl. The minimum atomic E-state index is -0.678. The van der Waals surface area contributed by atoms with Gasteiger partial charge in [0.15, 0.2) is 5.78 Å². The van der Waals surface area contributed by atoms with E-state index in [9.17, 15) is 15.0 Å². The Bertz CT molecular complexity index is 649. The Kier molecular flexibility index (Phi) is 9.91. The number of halogens is 1. The van der Waals surface area contributed by atoms with E-state index in [0.717, 1.165) is 5.56 Å². The number of hydrogen-bond acceptors (Lipinski definition) is 5. The Balaban J connectivity index is 0.00000338. The summed E-state index contributed by atoms with van der Waals surface area (Å²) in [6.45, 7) is 3.25. The van der Waals surface area contributed by atoms with Crippen LogP contribution < -0.4 is 4.74 Å². The van der Waals surface area contributed by atoms with Gasteiger partial charge in [0.2, 0.25) is 0 Å². The van der Waals surface area contributed by atoms with E-state index >= 15 is 0 Å². The number of benzene rings is 2. The van der Waals surface area contributed by atoms with E-state index in [0.29, 0.717) is 30.9 Å². The fourth-order valence-corrected chi connectivity index (χ4v) is 2.55. The Morgan fingerprint density at radius 1 is 1.12 bits per heavy atom. The van der Waals surface area contributed by atoms with Gasteiger partial charge in [-0.3, -0.25) is 9.69 Å². The second-order valence-corrected chi connectivity index (χ2v) is 5.99.